The highest BCUT2D eigenvalue weighted by Gasteiger charge is 2.31. The molecule has 1 heterocycles. The lowest BCUT2D eigenvalue weighted by atomic mass is 9.89. The Kier molecular flexibility index (Phi) is 8.89. The molecule has 228 valence electrons. The number of carbonyl (C=O) groups excluding carboxylic acids is 1. The van der Waals surface area contributed by atoms with Gasteiger partial charge in [-0.25, -0.2) is 4.79 Å². The van der Waals surface area contributed by atoms with E-state index in [9.17, 15) is 40.6 Å². The van der Waals surface area contributed by atoms with Gasteiger partial charge in [0.1, 0.15) is 0 Å². The Morgan fingerprint density at radius 3 is 2.16 bits per heavy atom. The third-order valence-electron chi connectivity index (χ3n) is 6.71. The van der Waals surface area contributed by atoms with E-state index < -0.39 is 69.9 Å². The summed E-state index contributed by atoms with van der Waals surface area (Å²) in [5.41, 5.74) is 9.43. The molecule has 0 radical (unpaired) electrons. The summed E-state index contributed by atoms with van der Waals surface area (Å²) < 4.78 is 74.7. The van der Waals surface area contributed by atoms with Crippen LogP contribution in [0, 0.1) is 5.41 Å². The second-order valence-corrected chi connectivity index (χ2v) is 12.3. The summed E-state index contributed by atoms with van der Waals surface area (Å²) in [7, 11) is -10.2. The summed E-state index contributed by atoms with van der Waals surface area (Å²) in [5, 5.41) is 20.1. The molecule has 2 aromatic carbocycles. The number of carboxylic acids is 1. The zero-order valence-electron chi connectivity index (χ0n) is 22.5. The molecular weight excluding hydrogens is 604 g/mol. The number of carbonyl (C=O) groups is 2. The minimum atomic E-state index is -5.15. The van der Waals surface area contributed by atoms with Crippen molar-refractivity contribution in [3.05, 3.63) is 58.9 Å². The number of rotatable bonds is 11. The van der Waals surface area contributed by atoms with Crippen LogP contribution in [-0.2, 0) is 20.2 Å². The monoisotopic (exact) mass is 632 g/mol. The highest BCUT2D eigenvalue weighted by Crippen LogP contribution is 2.45. The van der Waals surface area contributed by atoms with E-state index in [0.29, 0.717) is 19.5 Å². The maximum absolute atomic E-state index is 12.8. The van der Waals surface area contributed by atoms with Crippen molar-refractivity contribution in [3.63, 3.8) is 0 Å². The lowest BCUT2D eigenvalue weighted by Gasteiger charge is -2.20. The normalized spacial score (nSPS) is 12.1. The number of benzene rings is 3. The lowest BCUT2D eigenvalue weighted by Crippen LogP contribution is -2.24. The third-order valence-corrected chi connectivity index (χ3v) is 8.57. The molecule has 2 aliphatic rings. The molecule has 0 fully saturated rings. The molecule has 0 spiro atoms. The van der Waals surface area contributed by atoms with Gasteiger partial charge in [-0.05, 0) is 61.3 Å². The van der Waals surface area contributed by atoms with Crippen molar-refractivity contribution in [2.24, 2.45) is 5.73 Å². The van der Waals surface area contributed by atoms with Crippen molar-refractivity contribution in [2.75, 3.05) is 18.8 Å². The van der Waals surface area contributed by atoms with Crippen LogP contribution in [0.1, 0.15) is 46.4 Å². The number of aromatic carboxylic acids is 1. The molecule has 0 atom stereocenters. The van der Waals surface area contributed by atoms with Gasteiger partial charge in [-0.3, -0.25) is 19.3 Å². The molecule has 4 rings (SSSR count). The standard InChI is InChI=1S/C27H28N4O10S2/c28-11-3-1-2-4-12-31-26(32)14-5-6-15(18(13-14)27(33)34)21-16-7-9-19(29)24(42(35,36)37)22(16)41-23-17(21)8-10-20(30)25(23)43(38,39)40/h5-10,13,29H,1-4,11-12,28,30H2,(H,31,32)(H,33,34)(H,35,36,37)(H,38,39,40). The average molecular weight is 633 g/mol. The van der Waals surface area contributed by atoms with Crippen LogP contribution in [0.2, 0.25) is 0 Å². The first kappa shape index (κ1) is 31.6. The zero-order valence-corrected chi connectivity index (χ0v) is 24.1. The summed E-state index contributed by atoms with van der Waals surface area (Å²) >= 11 is 0. The van der Waals surface area contributed by atoms with E-state index >= 15 is 0 Å². The lowest BCUT2D eigenvalue weighted by molar-refractivity contribution is 0.0697. The van der Waals surface area contributed by atoms with Crippen LogP contribution in [0.4, 0.5) is 5.69 Å². The van der Waals surface area contributed by atoms with E-state index in [4.69, 9.17) is 21.3 Å². The van der Waals surface area contributed by atoms with Crippen LogP contribution in [0.3, 0.4) is 0 Å². The van der Waals surface area contributed by atoms with Crippen LogP contribution in [0.25, 0.3) is 33.4 Å². The van der Waals surface area contributed by atoms with Gasteiger partial charge in [0.2, 0.25) is 0 Å². The maximum atomic E-state index is 12.8. The largest absolute Gasteiger partial charge is 0.478 e. The number of nitrogen functional groups attached to an aromatic ring is 1. The fourth-order valence-corrected chi connectivity index (χ4v) is 6.29. The second-order valence-electron chi connectivity index (χ2n) is 9.63. The van der Waals surface area contributed by atoms with Crippen LogP contribution in [-0.4, -0.2) is 56.0 Å². The molecule has 1 aliphatic heterocycles. The van der Waals surface area contributed by atoms with Gasteiger partial charge in [-0.1, -0.05) is 18.9 Å². The van der Waals surface area contributed by atoms with Gasteiger partial charge in [0.15, 0.2) is 21.1 Å². The minimum Gasteiger partial charge on any atom is -0.478 e. The van der Waals surface area contributed by atoms with Gasteiger partial charge in [0.05, 0.1) is 16.6 Å². The number of carboxylic acid groups (broad SMARTS) is 1. The summed E-state index contributed by atoms with van der Waals surface area (Å²) in [6.45, 7) is 0.916. The van der Waals surface area contributed by atoms with Crippen LogP contribution < -0.4 is 22.1 Å². The molecule has 1 amide bonds. The average Bonchev–Trinajstić information content (AvgIpc) is 2.91. The molecule has 0 aromatic heterocycles. The van der Waals surface area contributed by atoms with E-state index in [1.54, 1.807) is 0 Å². The topological polar surface area (TPSA) is 264 Å². The number of fused-ring (bicyclic) bond motifs is 2. The number of unbranched alkanes of at least 4 members (excludes halogenated alkanes) is 3. The van der Waals surface area contributed by atoms with Crippen molar-refractivity contribution in [1.29, 1.82) is 5.41 Å². The Labute approximate surface area is 245 Å². The van der Waals surface area contributed by atoms with Gasteiger partial charge < -0.3 is 26.3 Å². The molecular formula is C27H28N4O10S2. The first-order chi connectivity index (χ1) is 20.2. The smallest absolute Gasteiger partial charge is 0.336 e. The maximum Gasteiger partial charge on any atom is 0.336 e. The minimum absolute atomic E-state index is 0.00674. The summed E-state index contributed by atoms with van der Waals surface area (Å²) in [4.78, 5) is 23.3. The Balaban J connectivity index is 2.00. The number of nitrogens with two attached hydrogens (primary N) is 2. The number of amides is 1. The van der Waals surface area contributed by atoms with Gasteiger partial charge in [-0.15, -0.1) is 0 Å². The second kappa shape index (κ2) is 12.1. The fraction of sp³-hybridized carbons (Fsp3) is 0.222. The summed E-state index contributed by atoms with van der Waals surface area (Å²) in [6, 6.07) is 8.35. The van der Waals surface area contributed by atoms with E-state index in [1.807, 2.05) is 0 Å². The molecule has 14 nitrogen and oxygen atoms in total. The predicted molar refractivity (Wildman–Crippen MR) is 155 cm³/mol. The van der Waals surface area contributed by atoms with Crippen molar-refractivity contribution < 1.29 is 45.1 Å². The van der Waals surface area contributed by atoms with Crippen molar-refractivity contribution >= 4 is 48.8 Å². The molecule has 1 aliphatic carbocycles. The predicted octanol–water partition coefficient (Wildman–Crippen LogP) is 2.71. The van der Waals surface area contributed by atoms with Gasteiger partial charge >= 0.3 is 5.97 Å². The van der Waals surface area contributed by atoms with Crippen molar-refractivity contribution in [3.8, 4) is 22.5 Å². The molecule has 0 bridgehead atoms. The van der Waals surface area contributed by atoms with Crippen LogP contribution in [0.5, 0.6) is 0 Å². The highest BCUT2D eigenvalue weighted by molar-refractivity contribution is 7.86. The highest BCUT2D eigenvalue weighted by atomic mass is 32.2. The number of hydrogen-bond acceptors (Lipinski definition) is 10. The van der Waals surface area contributed by atoms with E-state index in [2.05, 4.69) is 5.32 Å². The first-order valence-electron chi connectivity index (χ1n) is 12.8. The van der Waals surface area contributed by atoms with E-state index in [-0.39, 0.29) is 27.6 Å². The molecule has 16 heteroatoms. The van der Waals surface area contributed by atoms with Gasteiger partial charge in [-0.2, -0.15) is 16.8 Å². The molecule has 0 unspecified atom stereocenters. The van der Waals surface area contributed by atoms with Gasteiger partial charge in [0, 0.05) is 28.6 Å². The molecule has 43 heavy (non-hydrogen) atoms. The number of anilines is 1. The molecule has 2 aromatic rings. The third kappa shape index (κ3) is 6.37. The fourth-order valence-electron chi connectivity index (χ4n) is 4.80. The Morgan fingerprint density at radius 2 is 1.53 bits per heavy atom. The first-order valence-corrected chi connectivity index (χ1v) is 15.7. The molecule has 0 saturated heterocycles. The number of nitrogens with one attached hydrogen (secondary N) is 2. The summed E-state index contributed by atoms with van der Waals surface area (Å²) in [6.07, 6.45) is 3.30. The van der Waals surface area contributed by atoms with Crippen molar-refractivity contribution in [2.45, 2.75) is 35.5 Å². The SMILES string of the molecule is N=c1ccc2c(-c3ccc(C(=O)NCCCCCCN)cc3C(=O)O)c3ccc(N)c(S(=O)(=O)O)c3oc-2c1S(=O)(=O)O. The molecule has 0 saturated carbocycles. The summed E-state index contributed by atoms with van der Waals surface area (Å²) in [5.74, 6) is -2.72. The molecule has 9 N–H and O–H groups in total. The van der Waals surface area contributed by atoms with E-state index in [0.717, 1.165) is 37.5 Å². The quantitative estimate of drug-likeness (QED) is 0.0544. The van der Waals surface area contributed by atoms with Crippen LogP contribution in [0.15, 0.2) is 56.7 Å². The van der Waals surface area contributed by atoms with E-state index in [1.165, 1.54) is 24.3 Å². The Bertz CT molecular complexity index is 2000. The zero-order chi connectivity index (χ0) is 31.7. The van der Waals surface area contributed by atoms with Crippen molar-refractivity contribution in [1.82, 2.24) is 5.32 Å². The Morgan fingerprint density at radius 1 is 0.884 bits per heavy atom. The number of hydrogen-bond donors (Lipinski definition) is 7. The Hall–Kier alpha value is -4.35. The van der Waals surface area contributed by atoms with Gasteiger partial charge in [0.25, 0.3) is 26.1 Å². The van der Waals surface area contributed by atoms with Crippen LogP contribution >= 0.6 is 0 Å².